The number of nitrogens with two attached hydrogens (primary N) is 1. The first-order valence-electron chi connectivity index (χ1n) is 9.93. The number of hydrogen-bond donors (Lipinski definition) is 1. The minimum atomic E-state index is -0.852. The Morgan fingerprint density at radius 3 is 2.56 bits per heavy atom. The number of cyclic esters (lactones) is 1. The maximum absolute atomic E-state index is 14.9. The third-order valence-corrected chi connectivity index (χ3v) is 4.95. The number of hydrogen-bond acceptors (Lipinski definition) is 8. The second-order valence-corrected chi connectivity index (χ2v) is 6.87. The van der Waals surface area contributed by atoms with Gasteiger partial charge < -0.3 is 15.4 Å². The van der Waals surface area contributed by atoms with Crippen molar-refractivity contribution in [3.05, 3.63) is 48.1 Å². The first kappa shape index (κ1) is 23.3. The number of carbonyl (C=O) groups is 2. The Hall–Kier alpha value is -3.38. The Bertz CT molecular complexity index is 941. The van der Waals surface area contributed by atoms with Crippen LogP contribution in [0, 0.1) is 11.6 Å². The number of halogens is 2. The van der Waals surface area contributed by atoms with Gasteiger partial charge in [0.15, 0.2) is 11.6 Å². The van der Waals surface area contributed by atoms with E-state index < -0.39 is 29.7 Å². The number of aromatic nitrogens is 2. The van der Waals surface area contributed by atoms with Crippen molar-refractivity contribution in [3.8, 4) is 0 Å². The molecule has 0 saturated carbocycles. The van der Waals surface area contributed by atoms with Crippen LogP contribution in [0.15, 0.2) is 30.7 Å². The number of rotatable bonds is 9. The highest BCUT2D eigenvalue weighted by Gasteiger charge is 2.33. The molecule has 0 aliphatic carbocycles. The molecule has 172 valence electrons. The topological polar surface area (TPSA) is 114 Å². The highest BCUT2D eigenvalue weighted by Crippen LogP contribution is 2.31. The van der Waals surface area contributed by atoms with Gasteiger partial charge in [-0.2, -0.15) is 0 Å². The van der Waals surface area contributed by atoms with Gasteiger partial charge in [0.25, 0.3) is 5.91 Å². The van der Waals surface area contributed by atoms with Crippen LogP contribution >= 0.6 is 0 Å². The van der Waals surface area contributed by atoms with E-state index in [1.165, 1.54) is 30.6 Å². The molecular formula is C20H24F2N6O4. The summed E-state index contributed by atoms with van der Waals surface area (Å²) in [5.74, 6) is -2.24. The van der Waals surface area contributed by atoms with E-state index in [0.717, 1.165) is 22.1 Å². The van der Waals surface area contributed by atoms with Crippen LogP contribution in [0.5, 0.6) is 0 Å². The van der Waals surface area contributed by atoms with Crippen molar-refractivity contribution in [1.29, 1.82) is 0 Å². The highest BCUT2D eigenvalue weighted by atomic mass is 19.1. The SMILES string of the molecule is CCN(CCN(OC)C(=O)c1cnccn1)c1c(F)cc(N2C[C@H](CN)OC2=O)cc1F. The van der Waals surface area contributed by atoms with E-state index in [2.05, 4.69) is 9.97 Å². The lowest BCUT2D eigenvalue weighted by atomic mass is 10.2. The van der Waals surface area contributed by atoms with Crippen molar-refractivity contribution in [2.45, 2.75) is 13.0 Å². The molecule has 1 aliphatic rings. The monoisotopic (exact) mass is 450 g/mol. The molecule has 1 aliphatic heterocycles. The minimum absolute atomic E-state index is 0.0109. The number of likely N-dealkylation sites (N-methyl/N-ethyl adjacent to an activating group) is 1. The van der Waals surface area contributed by atoms with Crippen molar-refractivity contribution in [3.63, 3.8) is 0 Å². The number of amides is 2. The Kier molecular flexibility index (Phi) is 7.49. The van der Waals surface area contributed by atoms with Crippen molar-refractivity contribution < 1.29 is 27.9 Å². The normalized spacial score (nSPS) is 15.6. The predicted octanol–water partition coefficient (Wildman–Crippen LogP) is 1.57. The lowest BCUT2D eigenvalue weighted by Crippen LogP contribution is -2.39. The van der Waals surface area contributed by atoms with Crippen molar-refractivity contribution >= 4 is 23.4 Å². The van der Waals surface area contributed by atoms with Gasteiger partial charge in [-0.05, 0) is 6.92 Å². The number of nitrogens with zero attached hydrogens (tertiary/aromatic N) is 5. The quantitative estimate of drug-likeness (QED) is 0.573. The summed E-state index contributed by atoms with van der Waals surface area (Å²) in [6.45, 7) is 2.28. The summed E-state index contributed by atoms with van der Waals surface area (Å²) in [5, 5.41) is 1.03. The lowest BCUT2D eigenvalue weighted by molar-refractivity contribution is -0.0934. The van der Waals surface area contributed by atoms with E-state index in [-0.39, 0.29) is 49.8 Å². The van der Waals surface area contributed by atoms with Gasteiger partial charge in [-0.15, -0.1) is 0 Å². The van der Waals surface area contributed by atoms with Crippen LogP contribution < -0.4 is 15.5 Å². The standard InChI is InChI=1S/C20H24F2N6O4/c1-3-26(6-7-28(31-2)19(29)17-11-24-4-5-25-17)18-15(21)8-13(9-16(18)22)27-12-14(10-23)32-20(27)30/h4-5,8-9,11,14H,3,6-7,10,12,23H2,1-2H3/t14-/m0/s1. The van der Waals surface area contributed by atoms with Gasteiger partial charge in [0.1, 0.15) is 17.5 Å². The van der Waals surface area contributed by atoms with Crippen molar-refractivity contribution in [2.24, 2.45) is 5.73 Å². The molecule has 1 saturated heterocycles. The van der Waals surface area contributed by atoms with Gasteiger partial charge in [-0.25, -0.2) is 23.6 Å². The molecule has 0 radical (unpaired) electrons. The summed E-state index contributed by atoms with van der Waals surface area (Å²) >= 11 is 0. The molecule has 32 heavy (non-hydrogen) atoms. The van der Waals surface area contributed by atoms with Gasteiger partial charge in [-0.1, -0.05) is 0 Å². The van der Waals surface area contributed by atoms with Crippen molar-refractivity contribution in [2.75, 3.05) is 49.6 Å². The number of hydroxylamine groups is 2. The van der Waals surface area contributed by atoms with E-state index >= 15 is 0 Å². The molecule has 10 nitrogen and oxygen atoms in total. The summed E-state index contributed by atoms with van der Waals surface area (Å²) in [7, 11) is 1.31. The summed E-state index contributed by atoms with van der Waals surface area (Å²) < 4.78 is 34.9. The average molecular weight is 450 g/mol. The molecule has 0 spiro atoms. The molecule has 1 atom stereocenters. The molecule has 0 bridgehead atoms. The Morgan fingerprint density at radius 2 is 2.03 bits per heavy atom. The average Bonchev–Trinajstić information content (AvgIpc) is 3.18. The Morgan fingerprint density at radius 1 is 1.31 bits per heavy atom. The van der Waals surface area contributed by atoms with Crippen LogP contribution in [0.25, 0.3) is 0 Å². The lowest BCUT2D eigenvalue weighted by Gasteiger charge is -2.28. The largest absolute Gasteiger partial charge is 0.443 e. The molecule has 2 aromatic rings. The highest BCUT2D eigenvalue weighted by molar-refractivity contribution is 5.91. The molecule has 2 N–H and O–H groups in total. The zero-order valence-electron chi connectivity index (χ0n) is 17.7. The van der Waals surface area contributed by atoms with Crippen molar-refractivity contribution in [1.82, 2.24) is 15.0 Å². The molecular weight excluding hydrogens is 426 g/mol. The van der Waals surface area contributed by atoms with Crippen LogP contribution in [0.1, 0.15) is 17.4 Å². The van der Waals surface area contributed by atoms with Crippen LogP contribution in [-0.4, -0.2) is 73.0 Å². The summed E-state index contributed by atoms with van der Waals surface area (Å²) in [6.07, 6.45) is 2.85. The fraction of sp³-hybridized carbons (Fsp3) is 0.400. The van der Waals surface area contributed by atoms with E-state index in [1.54, 1.807) is 6.92 Å². The van der Waals surface area contributed by atoms with Crippen LogP contribution in [0.2, 0.25) is 0 Å². The van der Waals surface area contributed by atoms with E-state index in [0.29, 0.717) is 0 Å². The number of carbonyl (C=O) groups excluding carboxylic acids is 2. The number of benzene rings is 1. The molecule has 3 rings (SSSR count). The summed E-state index contributed by atoms with van der Waals surface area (Å²) in [5.41, 5.74) is 5.34. The molecule has 1 fully saturated rings. The molecule has 0 unspecified atom stereocenters. The summed E-state index contributed by atoms with van der Waals surface area (Å²) in [4.78, 5) is 39.9. The van der Waals surface area contributed by atoms with Crippen LogP contribution in [0.4, 0.5) is 25.0 Å². The van der Waals surface area contributed by atoms with Gasteiger partial charge in [0, 0.05) is 44.2 Å². The van der Waals surface area contributed by atoms with E-state index in [4.69, 9.17) is 15.3 Å². The Labute approximate surface area is 183 Å². The fourth-order valence-electron chi connectivity index (χ4n) is 3.32. The molecule has 2 amide bonds. The predicted molar refractivity (Wildman–Crippen MR) is 111 cm³/mol. The second kappa shape index (κ2) is 10.3. The molecule has 12 heteroatoms. The van der Waals surface area contributed by atoms with Gasteiger partial charge >= 0.3 is 6.09 Å². The number of ether oxygens (including phenoxy) is 1. The van der Waals surface area contributed by atoms with Gasteiger partial charge in [0.2, 0.25) is 0 Å². The van der Waals surface area contributed by atoms with E-state index in [1.807, 2.05) is 0 Å². The third kappa shape index (κ3) is 4.92. The van der Waals surface area contributed by atoms with Crippen LogP contribution in [0.3, 0.4) is 0 Å². The summed E-state index contributed by atoms with van der Waals surface area (Å²) in [6, 6.07) is 2.14. The third-order valence-electron chi connectivity index (χ3n) is 4.95. The van der Waals surface area contributed by atoms with Gasteiger partial charge in [-0.3, -0.25) is 19.5 Å². The maximum Gasteiger partial charge on any atom is 0.414 e. The molecule has 1 aromatic heterocycles. The zero-order chi connectivity index (χ0) is 23.3. The molecule has 1 aromatic carbocycles. The smallest absolute Gasteiger partial charge is 0.414 e. The van der Waals surface area contributed by atoms with E-state index in [9.17, 15) is 18.4 Å². The first-order chi connectivity index (χ1) is 15.4. The Balaban J connectivity index is 1.75. The van der Waals surface area contributed by atoms with Crippen LogP contribution in [-0.2, 0) is 9.57 Å². The van der Waals surface area contributed by atoms with Gasteiger partial charge in [0.05, 0.1) is 32.1 Å². The number of anilines is 2. The zero-order valence-corrected chi connectivity index (χ0v) is 17.7. The molecule has 2 heterocycles. The fourth-order valence-corrected chi connectivity index (χ4v) is 3.32. The first-order valence-corrected chi connectivity index (χ1v) is 9.93. The second-order valence-electron chi connectivity index (χ2n) is 6.87. The minimum Gasteiger partial charge on any atom is -0.443 e. The maximum atomic E-state index is 14.9.